The molecule has 4 N–H and O–H groups in total. The standard InChI is InChI=1S/C22H15N5O3S/c23-12-13-1-3-14(4-2-13)20(29)24-15-5-7-16(8-6-15)25-21(30)27-22-26-18-10-9-17(28)11-19(18)31-22/h1-11,28H,(H,24,29)(H2,25,26,27,30). The van der Waals surface area contributed by atoms with Gasteiger partial charge in [0.05, 0.1) is 21.8 Å². The van der Waals surface area contributed by atoms with Crippen LogP contribution in [0.15, 0.2) is 66.7 Å². The summed E-state index contributed by atoms with van der Waals surface area (Å²) in [6.45, 7) is 0. The highest BCUT2D eigenvalue weighted by Gasteiger charge is 2.10. The second-order valence-corrected chi connectivity index (χ2v) is 7.50. The average Bonchev–Trinajstić information content (AvgIpc) is 3.16. The van der Waals surface area contributed by atoms with Gasteiger partial charge in [-0.25, -0.2) is 9.78 Å². The number of nitrogens with one attached hydrogen (secondary N) is 3. The lowest BCUT2D eigenvalue weighted by molar-refractivity contribution is 0.102. The summed E-state index contributed by atoms with van der Waals surface area (Å²) >= 11 is 1.25. The van der Waals surface area contributed by atoms with Crippen molar-refractivity contribution in [1.29, 1.82) is 5.26 Å². The third kappa shape index (κ3) is 4.77. The third-order valence-corrected chi connectivity index (χ3v) is 5.20. The van der Waals surface area contributed by atoms with Gasteiger partial charge in [0.25, 0.3) is 5.91 Å². The van der Waals surface area contributed by atoms with E-state index in [-0.39, 0.29) is 11.7 Å². The van der Waals surface area contributed by atoms with E-state index in [0.717, 1.165) is 4.70 Å². The Morgan fingerprint density at radius 3 is 2.26 bits per heavy atom. The molecular weight excluding hydrogens is 414 g/mol. The lowest BCUT2D eigenvalue weighted by Gasteiger charge is -2.08. The molecule has 4 rings (SSSR count). The topological polar surface area (TPSA) is 127 Å². The number of rotatable bonds is 4. The number of urea groups is 1. The van der Waals surface area contributed by atoms with E-state index < -0.39 is 6.03 Å². The van der Waals surface area contributed by atoms with Crippen molar-refractivity contribution in [3.05, 3.63) is 77.9 Å². The first-order chi connectivity index (χ1) is 15.0. The van der Waals surface area contributed by atoms with Crippen molar-refractivity contribution < 1.29 is 14.7 Å². The zero-order valence-corrected chi connectivity index (χ0v) is 16.7. The second-order valence-electron chi connectivity index (χ2n) is 6.47. The molecule has 0 atom stereocenters. The van der Waals surface area contributed by atoms with Crippen LogP contribution in [0.4, 0.5) is 21.3 Å². The number of carbonyl (C=O) groups is 2. The van der Waals surface area contributed by atoms with Crippen LogP contribution in [-0.2, 0) is 0 Å². The molecule has 1 aromatic heterocycles. The Labute approximate surface area is 180 Å². The molecular formula is C22H15N5O3S. The van der Waals surface area contributed by atoms with E-state index in [4.69, 9.17) is 5.26 Å². The smallest absolute Gasteiger partial charge is 0.325 e. The number of hydrogen-bond acceptors (Lipinski definition) is 6. The van der Waals surface area contributed by atoms with Crippen LogP contribution in [0.3, 0.4) is 0 Å². The maximum absolute atomic E-state index is 12.3. The van der Waals surface area contributed by atoms with Crippen LogP contribution in [0.1, 0.15) is 15.9 Å². The lowest BCUT2D eigenvalue weighted by atomic mass is 10.1. The Morgan fingerprint density at radius 2 is 1.58 bits per heavy atom. The quantitative estimate of drug-likeness (QED) is 0.372. The van der Waals surface area contributed by atoms with E-state index in [9.17, 15) is 14.7 Å². The Kier molecular flexibility index (Phi) is 5.47. The maximum atomic E-state index is 12.3. The summed E-state index contributed by atoms with van der Waals surface area (Å²) in [6, 6.07) is 19.3. The van der Waals surface area contributed by atoms with Gasteiger partial charge in [0.2, 0.25) is 0 Å². The molecule has 1 heterocycles. The number of thiazole rings is 1. The van der Waals surface area contributed by atoms with Gasteiger partial charge >= 0.3 is 6.03 Å². The number of nitrogens with zero attached hydrogens (tertiary/aromatic N) is 2. The highest BCUT2D eigenvalue weighted by molar-refractivity contribution is 7.22. The van der Waals surface area contributed by atoms with Crippen molar-refractivity contribution in [2.75, 3.05) is 16.0 Å². The number of fused-ring (bicyclic) bond motifs is 1. The van der Waals surface area contributed by atoms with Gasteiger partial charge in [-0.1, -0.05) is 11.3 Å². The monoisotopic (exact) mass is 429 g/mol. The number of phenols is 1. The molecule has 0 aliphatic heterocycles. The fourth-order valence-corrected chi connectivity index (χ4v) is 3.66. The third-order valence-electron chi connectivity index (χ3n) is 4.27. The largest absolute Gasteiger partial charge is 0.508 e. The van der Waals surface area contributed by atoms with E-state index in [1.54, 1.807) is 60.7 Å². The van der Waals surface area contributed by atoms with Crippen LogP contribution in [0.25, 0.3) is 10.2 Å². The van der Waals surface area contributed by atoms with Crippen molar-refractivity contribution >= 4 is 50.0 Å². The number of hydrogen-bond donors (Lipinski definition) is 4. The summed E-state index contributed by atoms with van der Waals surface area (Å²) in [5, 5.41) is 26.9. The molecule has 0 saturated heterocycles. The number of amides is 3. The van der Waals surface area contributed by atoms with Gasteiger partial charge in [-0.15, -0.1) is 0 Å². The molecule has 31 heavy (non-hydrogen) atoms. The van der Waals surface area contributed by atoms with Crippen LogP contribution in [-0.4, -0.2) is 22.0 Å². The molecule has 0 spiro atoms. The van der Waals surface area contributed by atoms with Crippen molar-refractivity contribution in [2.24, 2.45) is 0 Å². The lowest BCUT2D eigenvalue weighted by Crippen LogP contribution is -2.19. The molecule has 4 aromatic rings. The number of benzene rings is 3. The zero-order valence-electron chi connectivity index (χ0n) is 15.9. The van der Waals surface area contributed by atoms with Crippen molar-refractivity contribution in [3.8, 4) is 11.8 Å². The minimum Gasteiger partial charge on any atom is -0.508 e. The first-order valence-corrected chi connectivity index (χ1v) is 9.91. The molecule has 0 fully saturated rings. The minimum absolute atomic E-state index is 0.138. The normalized spacial score (nSPS) is 10.3. The summed E-state index contributed by atoms with van der Waals surface area (Å²) < 4.78 is 0.762. The van der Waals surface area contributed by atoms with Gasteiger partial charge in [-0.3, -0.25) is 10.1 Å². The maximum Gasteiger partial charge on any atom is 0.325 e. The molecule has 0 aliphatic rings. The molecule has 152 valence electrons. The number of nitriles is 1. The van der Waals surface area contributed by atoms with E-state index in [1.807, 2.05) is 6.07 Å². The average molecular weight is 429 g/mol. The van der Waals surface area contributed by atoms with E-state index in [0.29, 0.717) is 33.1 Å². The molecule has 8 nitrogen and oxygen atoms in total. The van der Waals surface area contributed by atoms with Gasteiger partial charge in [-0.05, 0) is 66.7 Å². The second kappa shape index (κ2) is 8.52. The Morgan fingerprint density at radius 1 is 0.903 bits per heavy atom. The van der Waals surface area contributed by atoms with Crippen LogP contribution >= 0.6 is 11.3 Å². The van der Waals surface area contributed by atoms with Crippen molar-refractivity contribution in [3.63, 3.8) is 0 Å². The Balaban J connectivity index is 1.35. The number of aromatic hydroxyl groups is 1. The van der Waals surface area contributed by atoms with Crippen molar-refractivity contribution in [1.82, 2.24) is 4.98 Å². The summed E-state index contributed by atoms with van der Waals surface area (Å²) in [5.41, 5.74) is 2.69. The highest BCUT2D eigenvalue weighted by Crippen LogP contribution is 2.28. The van der Waals surface area contributed by atoms with Crippen LogP contribution < -0.4 is 16.0 Å². The summed E-state index contributed by atoms with van der Waals surface area (Å²) in [4.78, 5) is 28.8. The van der Waals surface area contributed by atoms with Gasteiger partial charge in [0, 0.05) is 16.9 Å². The Bertz CT molecular complexity index is 1310. The van der Waals surface area contributed by atoms with E-state index in [2.05, 4.69) is 20.9 Å². The number of aromatic nitrogens is 1. The summed E-state index contributed by atoms with van der Waals surface area (Å²) in [6.07, 6.45) is 0. The van der Waals surface area contributed by atoms with Crippen LogP contribution in [0, 0.1) is 11.3 Å². The predicted octanol–water partition coefficient (Wildman–Crippen LogP) is 4.77. The minimum atomic E-state index is -0.461. The van der Waals surface area contributed by atoms with E-state index in [1.165, 1.54) is 17.4 Å². The molecule has 0 saturated carbocycles. The summed E-state index contributed by atoms with van der Waals surface area (Å²) in [5.74, 6) is -0.164. The predicted molar refractivity (Wildman–Crippen MR) is 119 cm³/mol. The number of phenolic OH excluding ortho intramolecular Hbond substituents is 1. The highest BCUT2D eigenvalue weighted by atomic mass is 32.1. The first-order valence-electron chi connectivity index (χ1n) is 9.09. The molecule has 3 amide bonds. The van der Waals surface area contributed by atoms with Crippen LogP contribution in [0.5, 0.6) is 5.75 Å². The molecule has 9 heteroatoms. The van der Waals surface area contributed by atoms with Gasteiger partial charge in [0.1, 0.15) is 5.75 Å². The molecule has 0 bridgehead atoms. The SMILES string of the molecule is N#Cc1ccc(C(=O)Nc2ccc(NC(=O)Nc3nc4ccc(O)cc4s3)cc2)cc1. The number of anilines is 3. The zero-order chi connectivity index (χ0) is 21.8. The molecule has 0 radical (unpaired) electrons. The Hall–Kier alpha value is -4.42. The fourth-order valence-electron chi connectivity index (χ4n) is 2.76. The molecule has 0 unspecified atom stereocenters. The fraction of sp³-hybridized carbons (Fsp3) is 0. The van der Waals surface area contributed by atoms with E-state index >= 15 is 0 Å². The summed E-state index contributed by atoms with van der Waals surface area (Å²) in [7, 11) is 0. The van der Waals surface area contributed by atoms with Crippen molar-refractivity contribution in [2.45, 2.75) is 0 Å². The number of carbonyl (C=O) groups excluding carboxylic acids is 2. The van der Waals surface area contributed by atoms with Gasteiger partial charge in [0.15, 0.2) is 5.13 Å². The first kappa shape index (κ1) is 19.9. The molecule has 0 aliphatic carbocycles. The van der Waals surface area contributed by atoms with Gasteiger partial charge in [-0.2, -0.15) is 5.26 Å². The van der Waals surface area contributed by atoms with Crippen LogP contribution in [0.2, 0.25) is 0 Å². The van der Waals surface area contributed by atoms with Gasteiger partial charge < -0.3 is 15.7 Å². The molecule has 3 aromatic carbocycles.